The molecule has 354 valence electrons. The maximum atomic E-state index is 7.08. The minimum Gasteiger partial charge on any atom is -0.382 e. The summed E-state index contributed by atoms with van der Waals surface area (Å²) in [5.41, 5.74) is 3.89. The molecule has 9 bridgehead atoms. The van der Waals surface area contributed by atoms with Crippen molar-refractivity contribution < 1.29 is 56.8 Å². The van der Waals surface area contributed by atoms with Gasteiger partial charge >= 0.3 is 18.5 Å². The smallest absolute Gasteiger partial charge is 0.382 e. The van der Waals surface area contributed by atoms with Crippen molar-refractivity contribution in [3.63, 3.8) is 0 Å². The normalized spacial score (nSPS) is 20.6. The highest BCUT2D eigenvalue weighted by atomic mass is 17.1. The summed E-state index contributed by atoms with van der Waals surface area (Å²) < 4.78 is 83.8. The van der Waals surface area contributed by atoms with E-state index in [9.17, 15) is 0 Å². The molecular formula is C63H30O12. The van der Waals surface area contributed by atoms with Gasteiger partial charge in [-0.15, -0.1) is 0 Å². The van der Waals surface area contributed by atoms with Gasteiger partial charge in [-0.05, 0) is 101 Å². The van der Waals surface area contributed by atoms with Crippen LogP contribution in [0.25, 0.3) is 98.0 Å². The van der Waals surface area contributed by atoms with Gasteiger partial charge < -0.3 is 56.8 Å². The van der Waals surface area contributed by atoms with E-state index in [1.54, 1.807) is 0 Å². The van der Waals surface area contributed by atoms with Crippen LogP contribution in [0.5, 0.6) is 69.0 Å². The predicted molar refractivity (Wildman–Crippen MR) is 276 cm³/mol. The first-order valence-electron chi connectivity index (χ1n) is 24.6. The molecule has 0 amide bonds. The minimum atomic E-state index is -2.13. The van der Waals surface area contributed by atoms with E-state index in [2.05, 4.69) is 0 Å². The molecule has 7 aliphatic rings. The van der Waals surface area contributed by atoms with Gasteiger partial charge in [-0.3, -0.25) is 0 Å². The Bertz CT molecular complexity index is 3950. The molecule has 3 spiro atoms. The SMILES string of the molecule is c1ccc2c3c4c(cc2c1)OC1(Oc2cc5ccccc5c(c2O1)-c1c2c(cc5ccccc15)OC1(Oc5cc6ccccc6c(c5O1)-c1c5c(cc6ccccc16)OC1(Oc6cc7ccccc7c-3c6O1)O5)O2)O4. The highest BCUT2D eigenvalue weighted by molar-refractivity contribution is 6.15. The van der Waals surface area contributed by atoms with Crippen LogP contribution in [-0.4, -0.2) is 18.5 Å². The maximum absolute atomic E-state index is 7.08. The van der Waals surface area contributed by atoms with E-state index in [1.165, 1.54) is 0 Å². The highest BCUT2D eigenvalue weighted by Crippen LogP contribution is 2.65. The standard InChI is InChI=1S/C63H30O12/c1-7-19-37-31(13-1)25-43-55-49(37)50-38-20-8-2-14-32(38)26-44-56(50)71-62(66-44)67-46-28-34-16-5-11-23-41(34)53(58(46)73-62)54-42-24-12-6-18-36(42)30-48-60(54)75-63(69-48)68-47-29-35-17-4-10-22-40(35)52(59(47)74-63)51-39-21-9-3-15-33(39)27-45-57(51)72-61(64-43,65-45)70-55/h1-30H. The van der Waals surface area contributed by atoms with Crippen molar-refractivity contribution in [3.05, 3.63) is 182 Å². The van der Waals surface area contributed by atoms with E-state index < -0.39 is 18.5 Å². The molecule has 0 N–H and O–H groups in total. The molecule has 0 fully saturated rings. The van der Waals surface area contributed by atoms with Crippen molar-refractivity contribution in [2.45, 2.75) is 18.5 Å². The molecule has 12 nitrogen and oxygen atoms in total. The van der Waals surface area contributed by atoms with Crippen LogP contribution in [0.3, 0.4) is 0 Å². The van der Waals surface area contributed by atoms with Gasteiger partial charge in [0, 0.05) is 33.4 Å². The van der Waals surface area contributed by atoms with Gasteiger partial charge in [-0.1, -0.05) is 146 Å². The Morgan fingerprint density at radius 2 is 0.347 bits per heavy atom. The van der Waals surface area contributed by atoms with Crippen LogP contribution in [0.4, 0.5) is 0 Å². The van der Waals surface area contributed by atoms with Crippen LogP contribution in [0.1, 0.15) is 0 Å². The summed E-state index contributed by atoms with van der Waals surface area (Å²) in [5.74, 6) is 4.40. The van der Waals surface area contributed by atoms with Gasteiger partial charge in [0.05, 0.1) is 0 Å². The summed E-state index contributed by atoms with van der Waals surface area (Å²) in [5, 5.41) is 10.2. The number of rotatable bonds is 0. The molecule has 0 aromatic heterocycles. The number of hydrogen-bond donors (Lipinski definition) is 0. The van der Waals surface area contributed by atoms with Crippen molar-refractivity contribution in [1.29, 1.82) is 0 Å². The van der Waals surface area contributed by atoms with Crippen LogP contribution in [-0.2, 0) is 0 Å². The quantitative estimate of drug-likeness (QED) is 0.144. The zero-order chi connectivity index (χ0) is 48.5. The zero-order valence-electron chi connectivity index (χ0n) is 38.7. The van der Waals surface area contributed by atoms with Gasteiger partial charge in [-0.2, -0.15) is 0 Å². The van der Waals surface area contributed by atoms with Gasteiger partial charge in [0.1, 0.15) is 0 Å². The molecule has 0 radical (unpaired) electrons. The molecule has 0 atom stereocenters. The second kappa shape index (κ2) is 12.9. The molecule has 7 heterocycles. The predicted octanol–water partition coefficient (Wildman–Crippen LogP) is 14.5. The summed E-state index contributed by atoms with van der Waals surface area (Å²) in [7, 11) is 0. The molecule has 0 aliphatic carbocycles. The lowest BCUT2D eigenvalue weighted by molar-refractivity contribution is -0.331. The molecule has 12 heteroatoms. The number of fused-ring (bicyclic) bond motifs is 15. The van der Waals surface area contributed by atoms with E-state index in [0.29, 0.717) is 102 Å². The minimum absolute atomic E-state index is 0.356. The molecule has 12 aromatic carbocycles. The van der Waals surface area contributed by atoms with Crippen LogP contribution in [0, 0.1) is 0 Å². The van der Waals surface area contributed by atoms with E-state index >= 15 is 0 Å². The Morgan fingerprint density at radius 3 is 0.520 bits per heavy atom. The molecule has 0 unspecified atom stereocenters. The molecule has 0 saturated carbocycles. The lowest BCUT2D eigenvalue weighted by Crippen LogP contribution is -2.47. The van der Waals surface area contributed by atoms with E-state index in [4.69, 9.17) is 56.8 Å². The Balaban J connectivity index is 0.937. The summed E-state index contributed by atoms with van der Waals surface area (Å²) in [4.78, 5) is 0. The molecule has 19 rings (SSSR count). The topological polar surface area (TPSA) is 111 Å². The van der Waals surface area contributed by atoms with E-state index in [1.807, 2.05) is 182 Å². The average Bonchev–Trinajstić information content (AvgIpc) is 4.47. The summed E-state index contributed by atoms with van der Waals surface area (Å²) >= 11 is 0. The van der Waals surface area contributed by atoms with Crippen molar-refractivity contribution >= 4 is 64.6 Å². The lowest BCUT2D eigenvalue weighted by Gasteiger charge is -2.20. The molecule has 12 aromatic rings. The monoisotopic (exact) mass is 978 g/mol. The van der Waals surface area contributed by atoms with Gasteiger partial charge in [-0.25, -0.2) is 0 Å². The van der Waals surface area contributed by atoms with E-state index in [-0.39, 0.29) is 0 Å². The Hall–Kier alpha value is -10.2. The van der Waals surface area contributed by atoms with Gasteiger partial charge in [0.15, 0.2) is 69.0 Å². The second-order valence-electron chi connectivity index (χ2n) is 19.5. The lowest BCUT2D eigenvalue weighted by atomic mass is 9.91. The zero-order valence-corrected chi connectivity index (χ0v) is 38.7. The first-order chi connectivity index (χ1) is 36.9. The first kappa shape index (κ1) is 38.5. The van der Waals surface area contributed by atoms with Crippen molar-refractivity contribution in [2.24, 2.45) is 0 Å². The van der Waals surface area contributed by atoms with Crippen LogP contribution < -0.4 is 56.8 Å². The van der Waals surface area contributed by atoms with Gasteiger partial charge in [0.25, 0.3) is 0 Å². The Morgan fingerprint density at radius 1 is 0.187 bits per heavy atom. The van der Waals surface area contributed by atoms with Crippen LogP contribution >= 0.6 is 0 Å². The first-order valence-corrected chi connectivity index (χ1v) is 24.6. The number of ether oxygens (including phenoxy) is 12. The van der Waals surface area contributed by atoms with Crippen molar-refractivity contribution in [3.8, 4) is 102 Å². The molecule has 0 saturated heterocycles. The largest absolute Gasteiger partial charge is 0.611 e. The third-order valence-electron chi connectivity index (χ3n) is 15.3. The van der Waals surface area contributed by atoms with Crippen LogP contribution in [0.2, 0.25) is 0 Å². The maximum Gasteiger partial charge on any atom is 0.611 e. The number of benzene rings is 12. The van der Waals surface area contributed by atoms with Crippen molar-refractivity contribution in [2.75, 3.05) is 0 Å². The Kier molecular flexibility index (Phi) is 6.60. The van der Waals surface area contributed by atoms with E-state index in [0.717, 1.165) is 64.6 Å². The summed E-state index contributed by atoms with van der Waals surface area (Å²) in [6.07, 6.45) is -6.39. The third-order valence-corrected chi connectivity index (χ3v) is 15.3. The molecule has 75 heavy (non-hydrogen) atoms. The van der Waals surface area contributed by atoms with Crippen LogP contribution in [0.15, 0.2) is 182 Å². The fraction of sp³-hybridized carbons (Fsp3) is 0.0476. The molecular weight excluding hydrogens is 949 g/mol. The second-order valence-corrected chi connectivity index (χ2v) is 19.5. The average molecular weight is 979 g/mol. The fourth-order valence-corrected chi connectivity index (χ4v) is 12.3. The number of hydrogen-bond acceptors (Lipinski definition) is 12. The van der Waals surface area contributed by atoms with Crippen molar-refractivity contribution in [1.82, 2.24) is 0 Å². The highest BCUT2D eigenvalue weighted by Gasteiger charge is 2.61. The fourth-order valence-electron chi connectivity index (χ4n) is 12.3. The Labute approximate surface area is 422 Å². The third kappa shape index (κ3) is 4.86. The molecule has 7 aliphatic heterocycles. The summed E-state index contributed by atoms with van der Waals surface area (Å²) in [6.45, 7) is 0. The van der Waals surface area contributed by atoms with Gasteiger partial charge in [0.2, 0.25) is 0 Å². The summed E-state index contributed by atoms with van der Waals surface area (Å²) in [6, 6.07) is 59.8.